The first-order valence-corrected chi connectivity index (χ1v) is 8.98. The number of alkyl halides is 3. The minimum Gasteiger partial charge on any atom is -0.376 e. The van der Waals surface area contributed by atoms with E-state index in [1.165, 1.54) is 24.3 Å². The molecule has 9 heteroatoms. The van der Waals surface area contributed by atoms with Gasteiger partial charge in [0.15, 0.2) is 0 Å². The first-order chi connectivity index (χ1) is 13.8. The van der Waals surface area contributed by atoms with E-state index in [0.717, 1.165) is 37.1 Å². The highest BCUT2D eigenvalue weighted by atomic mass is 19.4. The lowest BCUT2D eigenvalue weighted by atomic mass is 10.2. The highest BCUT2D eigenvalue weighted by Crippen LogP contribution is 2.30. The number of halogens is 4. The number of carbonyl (C=O) groups is 1. The molecule has 1 unspecified atom stereocenters. The van der Waals surface area contributed by atoms with Gasteiger partial charge in [-0.25, -0.2) is 9.38 Å². The van der Waals surface area contributed by atoms with Gasteiger partial charge in [0, 0.05) is 17.9 Å². The van der Waals surface area contributed by atoms with Crippen molar-refractivity contribution in [3.05, 3.63) is 65.5 Å². The van der Waals surface area contributed by atoms with Gasteiger partial charge in [0.1, 0.15) is 5.82 Å². The third-order valence-corrected chi connectivity index (χ3v) is 4.27. The highest BCUT2D eigenvalue weighted by Gasteiger charge is 2.30. The summed E-state index contributed by atoms with van der Waals surface area (Å²) in [6.07, 6.45) is -2.90. The molecule has 1 atom stereocenters. The standard InChI is InChI=1S/C20H19F4N3O2/c21-15-8-6-13(7-9-15)18(28)27-19(25-12-17-5-2-10-29-17)26-16-4-1-3-14(11-16)20(22,23)24/h1,3-4,6-9,11,17H,2,5,10,12H2,(H2,25,26,27,28). The molecule has 2 aromatic carbocycles. The van der Waals surface area contributed by atoms with Gasteiger partial charge in [-0.1, -0.05) is 6.07 Å². The number of hydrogen-bond donors (Lipinski definition) is 2. The molecule has 0 spiro atoms. The molecule has 1 aliphatic rings. The van der Waals surface area contributed by atoms with Gasteiger partial charge >= 0.3 is 6.18 Å². The zero-order chi connectivity index (χ0) is 20.9. The van der Waals surface area contributed by atoms with Crippen LogP contribution in [-0.2, 0) is 10.9 Å². The number of carbonyl (C=O) groups excluding carboxylic acids is 1. The molecule has 0 radical (unpaired) electrons. The summed E-state index contributed by atoms with van der Waals surface area (Å²) in [5, 5.41) is 5.24. The summed E-state index contributed by atoms with van der Waals surface area (Å²) in [7, 11) is 0. The van der Waals surface area contributed by atoms with Gasteiger partial charge in [-0.3, -0.25) is 10.1 Å². The number of ether oxygens (including phenoxy) is 1. The van der Waals surface area contributed by atoms with Crippen molar-refractivity contribution >= 4 is 17.6 Å². The van der Waals surface area contributed by atoms with E-state index in [4.69, 9.17) is 4.74 Å². The average molecular weight is 409 g/mol. The van der Waals surface area contributed by atoms with Gasteiger partial charge in [0.05, 0.1) is 18.2 Å². The third kappa shape index (κ3) is 6.02. The number of nitrogens with zero attached hydrogens (tertiary/aromatic N) is 1. The Morgan fingerprint density at radius 3 is 2.59 bits per heavy atom. The summed E-state index contributed by atoms with van der Waals surface area (Å²) in [4.78, 5) is 16.7. The molecule has 1 heterocycles. The van der Waals surface area contributed by atoms with Gasteiger partial charge in [0.25, 0.3) is 5.91 Å². The number of anilines is 1. The Bertz CT molecular complexity index is 876. The molecule has 154 valence electrons. The van der Waals surface area contributed by atoms with Crippen LogP contribution in [0.15, 0.2) is 53.5 Å². The number of benzene rings is 2. The first kappa shape index (κ1) is 20.8. The fourth-order valence-corrected chi connectivity index (χ4v) is 2.78. The van der Waals surface area contributed by atoms with Crippen LogP contribution in [0.3, 0.4) is 0 Å². The van der Waals surface area contributed by atoms with Crippen LogP contribution in [0.2, 0.25) is 0 Å². The van der Waals surface area contributed by atoms with E-state index in [0.29, 0.717) is 6.61 Å². The molecular weight excluding hydrogens is 390 g/mol. The van der Waals surface area contributed by atoms with Crippen molar-refractivity contribution in [3.63, 3.8) is 0 Å². The Hall–Kier alpha value is -2.94. The summed E-state index contributed by atoms with van der Waals surface area (Å²) < 4.78 is 57.4. The molecule has 1 amide bonds. The number of aliphatic imine (C=N–C) groups is 1. The van der Waals surface area contributed by atoms with E-state index in [9.17, 15) is 22.4 Å². The maximum Gasteiger partial charge on any atom is 0.416 e. The topological polar surface area (TPSA) is 62.7 Å². The van der Waals surface area contributed by atoms with Crippen molar-refractivity contribution in [2.24, 2.45) is 4.99 Å². The normalized spacial score (nSPS) is 17.2. The Kier molecular flexibility index (Phi) is 6.48. The predicted molar refractivity (Wildman–Crippen MR) is 100 cm³/mol. The van der Waals surface area contributed by atoms with Crippen LogP contribution in [0.5, 0.6) is 0 Å². The second kappa shape index (κ2) is 9.04. The Morgan fingerprint density at radius 1 is 1.17 bits per heavy atom. The zero-order valence-corrected chi connectivity index (χ0v) is 15.3. The molecule has 0 saturated carbocycles. The molecule has 0 aliphatic carbocycles. The molecule has 2 N–H and O–H groups in total. The molecule has 0 aromatic heterocycles. The van der Waals surface area contributed by atoms with Crippen molar-refractivity contribution in [2.45, 2.75) is 25.1 Å². The molecule has 1 saturated heterocycles. The van der Waals surface area contributed by atoms with Crippen LogP contribution in [0.25, 0.3) is 0 Å². The largest absolute Gasteiger partial charge is 0.416 e. The van der Waals surface area contributed by atoms with Crippen molar-refractivity contribution in [1.29, 1.82) is 0 Å². The first-order valence-electron chi connectivity index (χ1n) is 8.98. The lowest BCUT2D eigenvalue weighted by Crippen LogP contribution is -2.36. The van der Waals surface area contributed by atoms with Gasteiger partial charge in [-0.05, 0) is 55.3 Å². The van der Waals surface area contributed by atoms with E-state index < -0.39 is 23.5 Å². The van der Waals surface area contributed by atoms with E-state index in [-0.39, 0.29) is 29.9 Å². The summed E-state index contributed by atoms with van der Waals surface area (Å²) in [6, 6.07) is 9.43. The second-order valence-electron chi connectivity index (χ2n) is 6.49. The maximum absolute atomic E-state index is 13.1. The number of rotatable bonds is 4. The molecule has 2 aromatic rings. The Balaban J connectivity index is 1.78. The van der Waals surface area contributed by atoms with Crippen LogP contribution < -0.4 is 10.6 Å². The van der Waals surface area contributed by atoms with E-state index in [1.807, 2.05) is 0 Å². The summed E-state index contributed by atoms with van der Waals surface area (Å²) in [5.74, 6) is -1.08. The van der Waals surface area contributed by atoms with Gasteiger partial charge in [-0.2, -0.15) is 13.2 Å². The minimum atomic E-state index is -4.50. The lowest BCUT2D eigenvalue weighted by Gasteiger charge is -2.15. The van der Waals surface area contributed by atoms with E-state index in [2.05, 4.69) is 15.6 Å². The highest BCUT2D eigenvalue weighted by molar-refractivity contribution is 6.09. The number of amides is 1. The smallest absolute Gasteiger partial charge is 0.376 e. The van der Waals surface area contributed by atoms with Gasteiger partial charge in [0.2, 0.25) is 5.96 Å². The molecule has 0 bridgehead atoms. The van der Waals surface area contributed by atoms with Gasteiger partial charge in [-0.15, -0.1) is 0 Å². The fourth-order valence-electron chi connectivity index (χ4n) is 2.78. The molecule has 1 aliphatic heterocycles. The number of hydrogen-bond acceptors (Lipinski definition) is 3. The number of nitrogens with one attached hydrogen (secondary N) is 2. The molecule has 3 rings (SSSR count). The fraction of sp³-hybridized carbons (Fsp3) is 0.300. The van der Waals surface area contributed by atoms with Gasteiger partial charge < -0.3 is 10.1 Å². The van der Waals surface area contributed by atoms with Crippen molar-refractivity contribution in [1.82, 2.24) is 5.32 Å². The van der Waals surface area contributed by atoms with Crippen LogP contribution in [0.1, 0.15) is 28.8 Å². The monoisotopic (exact) mass is 409 g/mol. The molecule has 29 heavy (non-hydrogen) atoms. The molecule has 5 nitrogen and oxygen atoms in total. The molecular formula is C20H19F4N3O2. The Labute approximate surface area is 164 Å². The van der Waals surface area contributed by atoms with Crippen molar-refractivity contribution < 1.29 is 27.1 Å². The maximum atomic E-state index is 13.1. The minimum absolute atomic E-state index is 0.0193. The van der Waals surface area contributed by atoms with Crippen LogP contribution in [0, 0.1) is 5.82 Å². The lowest BCUT2D eigenvalue weighted by molar-refractivity contribution is -0.137. The summed E-state index contributed by atoms with van der Waals surface area (Å²) in [6.45, 7) is 0.865. The van der Waals surface area contributed by atoms with Crippen LogP contribution >= 0.6 is 0 Å². The van der Waals surface area contributed by atoms with E-state index in [1.54, 1.807) is 0 Å². The second-order valence-corrected chi connectivity index (χ2v) is 6.49. The number of guanidine groups is 1. The zero-order valence-electron chi connectivity index (χ0n) is 15.3. The van der Waals surface area contributed by atoms with Crippen LogP contribution in [0.4, 0.5) is 23.2 Å². The quantitative estimate of drug-likeness (QED) is 0.452. The van der Waals surface area contributed by atoms with Crippen LogP contribution in [-0.4, -0.2) is 31.1 Å². The van der Waals surface area contributed by atoms with Crippen molar-refractivity contribution in [2.75, 3.05) is 18.5 Å². The molecule has 1 fully saturated rings. The summed E-state index contributed by atoms with van der Waals surface area (Å²) in [5.41, 5.74) is -0.529. The predicted octanol–water partition coefficient (Wildman–Crippen LogP) is 4.22. The average Bonchev–Trinajstić information content (AvgIpc) is 3.20. The third-order valence-electron chi connectivity index (χ3n) is 4.27. The Morgan fingerprint density at radius 2 is 1.93 bits per heavy atom. The van der Waals surface area contributed by atoms with E-state index >= 15 is 0 Å². The van der Waals surface area contributed by atoms with Crippen molar-refractivity contribution in [3.8, 4) is 0 Å². The summed E-state index contributed by atoms with van der Waals surface area (Å²) >= 11 is 0. The SMILES string of the molecule is O=C(NC(=NCC1CCCO1)Nc1cccc(C(F)(F)F)c1)c1ccc(F)cc1.